The fourth-order valence-corrected chi connectivity index (χ4v) is 4.02. The van der Waals surface area contributed by atoms with E-state index in [9.17, 15) is 9.59 Å². The van der Waals surface area contributed by atoms with Gasteiger partial charge in [0.1, 0.15) is 5.70 Å². The summed E-state index contributed by atoms with van der Waals surface area (Å²) in [6, 6.07) is 16.1. The number of carbonyl (C=O) groups is 2. The van der Waals surface area contributed by atoms with E-state index in [0.717, 1.165) is 39.6 Å². The summed E-state index contributed by atoms with van der Waals surface area (Å²) in [4.78, 5) is 26.1. The normalized spacial score (nSPS) is 15.6. The van der Waals surface area contributed by atoms with Crippen molar-refractivity contribution in [3.63, 3.8) is 0 Å². The second-order valence-corrected chi connectivity index (χ2v) is 8.09. The SMILES string of the molecule is CCCN1C(=O)N/C(=C/c2c(C)n(Cc3ccc(Br)cc3)c3ccccc23)C1=O. The average molecular weight is 452 g/mol. The Balaban J connectivity index is 1.78. The molecule has 4 rings (SSSR count). The van der Waals surface area contributed by atoms with Gasteiger partial charge in [-0.05, 0) is 43.2 Å². The van der Waals surface area contributed by atoms with Crippen molar-refractivity contribution in [3.8, 4) is 0 Å². The van der Waals surface area contributed by atoms with Crippen LogP contribution in [0.25, 0.3) is 17.0 Å². The van der Waals surface area contributed by atoms with Crippen LogP contribution in [0.1, 0.15) is 30.2 Å². The van der Waals surface area contributed by atoms with Crippen LogP contribution in [0.15, 0.2) is 58.7 Å². The van der Waals surface area contributed by atoms with Gasteiger partial charge in [-0.15, -0.1) is 0 Å². The number of aromatic nitrogens is 1. The highest BCUT2D eigenvalue weighted by Crippen LogP contribution is 2.29. The molecule has 0 spiro atoms. The van der Waals surface area contributed by atoms with Crippen LogP contribution >= 0.6 is 15.9 Å². The molecule has 6 heteroatoms. The number of urea groups is 1. The average Bonchev–Trinajstić information content (AvgIpc) is 3.13. The zero-order valence-electron chi connectivity index (χ0n) is 16.4. The highest BCUT2D eigenvalue weighted by Gasteiger charge is 2.33. The molecule has 5 nitrogen and oxygen atoms in total. The van der Waals surface area contributed by atoms with Gasteiger partial charge in [-0.3, -0.25) is 9.69 Å². The summed E-state index contributed by atoms with van der Waals surface area (Å²) < 4.78 is 3.30. The molecule has 2 heterocycles. The molecular weight excluding hydrogens is 430 g/mol. The number of hydrogen-bond donors (Lipinski definition) is 1. The predicted molar refractivity (Wildman–Crippen MR) is 118 cm³/mol. The number of carbonyl (C=O) groups excluding carboxylic acids is 2. The number of halogens is 1. The molecule has 0 radical (unpaired) electrons. The number of rotatable bonds is 5. The molecule has 0 bridgehead atoms. The number of amides is 3. The van der Waals surface area contributed by atoms with Crippen molar-refractivity contribution in [2.45, 2.75) is 26.8 Å². The zero-order valence-corrected chi connectivity index (χ0v) is 18.0. The number of imide groups is 1. The van der Waals surface area contributed by atoms with E-state index in [-0.39, 0.29) is 11.9 Å². The maximum Gasteiger partial charge on any atom is 0.329 e. The first kappa shape index (κ1) is 19.5. The van der Waals surface area contributed by atoms with Gasteiger partial charge in [0, 0.05) is 39.7 Å². The lowest BCUT2D eigenvalue weighted by Crippen LogP contribution is -2.31. The topological polar surface area (TPSA) is 54.3 Å². The minimum Gasteiger partial charge on any atom is -0.340 e. The van der Waals surface area contributed by atoms with Crippen LogP contribution in [-0.4, -0.2) is 28.0 Å². The van der Waals surface area contributed by atoms with Crippen LogP contribution in [-0.2, 0) is 11.3 Å². The quantitative estimate of drug-likeness (QED) is 0.435. The molecule has 1 aliphatic heterocycles. The summed E-state index contributed by atoms with van der Waals surface area (Å²) in [6.07, 6.45) is 2.55. The molecule has 0 atom stereocenters. The molecule has 148 valence electrons. The molecule has 1 saturated heterocycles. The van der Waals surface area contributed by atoms with Crippen LogP contribution in [0.3, 0.4) is 0 Å². The summed E-state index contributed by atoms with van der Waals surface area (Å²) >= 11 is 3.48. The Bertz CT molecular complexity index is 1130. The number of nitrogens with zero attached hydrogens (tertiary/aromatic N) is 2. The maximum atomic E-state index is 12.7. The molecule has 3 amide bonds. The van der Waals surface area contributed by atoms with Crippen molar-refractivity contribution in [1.29, 1.82) is 0 Å². The monoisotopic (exact) mass is 451 g/mol. The number of hydrogen-bond acceptors (Lipinski definition) is 2. The fourth-order valence-electron chi connectivity index (χ4n) is 3.76. The van der Waals surface area contributed by atoms with Crippen LogP contribution in [0, 0.1) is 6.92 Å². The zero-order chi connectivity index (χ0) is 20.5. The van der Waals surface area contributed by atoms with E-state index >= 15 is 0 Å². The van der Waals surface area contributed by atoms with Crippen molar-refractivity contribution in [1.82, 2.24) is 14.8 Å². The molecule has 29 heavy (non-hydrogen) atoms. The molecular formula is C23H22BrN3O2. The van der Waals surface area contributed by atoms with Crippen molar-refractivity contribution in [3.05, 3.63) is 75.5 Å². The molecule has 1 fully saturated rings. The first-order valence-corrected chi connectivity index (χ1v) is 10.5. The Kier molecular flexibility index (Phi) is 5.28. The Hall–Kier alpha value is -2.86. The minimum atomic E-state index is -0.348. The van der Waals surface area contributed by atoms with Gasteiger partial charge >= 0.3 is 6.03 Å². The summed E-state index contributed by atoms with van der Waals surface area (Å²) in [7, 11) is 0. The molecule has 3 aromatic rings. The highest BCUT2D eigenvalue weighted by molar-refractivity contribution is 9.10. The van der Waals surface area contributed by atoms with E-state index < -0.39 is 0 Å². The predicted octanol–water partition coefficient (Wildman–Crippen LogP) is 5.06. The van der Waals surface area contributed by atoms with Gasteiger partial charge in [-0.25, -0.2) is 4.79 Å². The third-order valence-electron chi connectivity index (χ3n) is 5.23. The van der Waals surface area contributed by atoms with Crippen molar-refractivity contribution in [2.24, 2.45) is 0 Å². The largest absolute Gasteiger partial charge is 0.340 e. The lowest BCUT2D eigenvalue weighted by molar-refractivity contribution is -0.122. The molecule has 1 aromatic heterocycles. The number of nitrogens with one attached hydrogen (secondary N) is 1. The van der Waals surface area contributed by atoms with E-state index in [1.165, 1.54) is 10.5 Å². The summed E-state index contributed by atoms with van der Waals surface area (Å²) in [5, 5.41) is 3.79. The molecule has 2 aromatic carbocycles. The van der Waals surface area contributed by atoms with Crippen molar-refractivity contribution in [2.75, 3.05) is 6.54 Å². The Morgan fingerprint density at radius 2 is 1.79 bits per heavy atom. The Labute approximate surface area is 178 Å². The maximum absolute atomic E-state index is 12.7. The summed E-state index contributed by atoms with van der Waals surface area (Å²) in [5.74, 6) is -0.263. The van der Waals surface area contributed by atoms with Gasteiger partial charge < -0.3 is 9.88 Å². The third-order valence-corrected chi connectivity index (χ3v) is 5.76. The molecule has 0 aliphatic carbocycles. The van der Waals surface area contributed by atoms with Crippen LogP contribution in [0.2, 0.25) is 0 Å². The van der Waals surface area contributed by atoms with E-state index in [1.807, 2.05) is 37.3 Å². The molecule has 0 unspecified atom stereocenters. The standard InChI is InChI=1S/C23H22BrN3O2/c1-3-12-26-22(28)20(25-23(26)29)13-19-15(2)27(21-7-5-4-6-18(19)21)14-16-8-10-17(24)11-9-16/h4-11,13H,3,12,14H2,1-2H3,(H,25,29)/b20-13+. The molecule has 1 aliphatic rings. The smallest absolute Gasteiger partial charge is 0.329 e. The van der Waals surface area contributed by atoms with Crippen molar-refractivity contribution >= 4 is 44.8 Å². The van der Waals surface area contributed by atoms with Crippen molar-refractivity contribution < 1.29 is 9.59 Å². The van der Waals surface area contributed by atoms with Crippen LogP contribution in [0.5, 0.6) is 0 Å². The Morgan fingerprint density at radius 1 is 1.07 bits per heavy atom. The highest BCUT2D eigenvalue weighted by atomic mass is 79.9. The van der Waals surface area contributed by atoms with E-state index in [2.05, 4.69) is 57.0 Å². The van der Waals surface area contributed by atoms with Gasteiger partial charge in [0.25, 0.3) is 5.91 Å². The minimum absolute atomic E-state index is 0.263. The first-order valence-electron chi connectivity index (χ1n) is 9.66. The van der Waals surface area contributed by atoms with Gasteiger partial charge in [0.05, 0.1) is 0 Å². The molecule has 0 saturated carbocycles. The van der Waals surface area contributed by atoms with Gasteiger partial charge in [0.2, 0.25) is 0 Å². The lowest BCUT2D eigenvalue weighted by Gasteiger charge is -2.09. The van der Waals surface area contributed by atoms with Gasteiger partial charge in [0.15, 0.2) is 0 Å². The van der Waals surface area contributed by atoms with Crippen LogP contribution in [0.4, 0.5) is 4.79 Å². The summed E-state index contributed by atoms with van der Waals surface area (Å²) in [5.41, 5.74) is 4.63. The third kappa shape index (κ3) is 3.60. The number of para-hydroxylation sites is 1. The fraction of sp³-hybridized carbons (Fsp3) is 0.217. The van der Waals surface area contributed by atoms with Gasteiger partial charge in [-0.2, -0.15) is 0 Å². The number of fused-ring (bicyclic) bond motifs is 1. The molecule has 1 N–H and O–H groups in total. The van der Waals surface area contributed by atoms with E-state index in [1.54, 1.807) is 0 Å². The lowest BCUT2D eigenvalue weighted by atomic mass is 10.1. The van der Waals surface area contributed by atoms with Gasteiger partial charge in [-0.1, -0.05) is 53.2 Å². The second-order valence-electron chi connectivity index (χ2n) is 7.17. The number of benzene rings is 2. The van der Waals surface area contributed by atoms with Crippen LogP contribution < -0.4 is 5.32 Å². The summed E-state index contributed by atoms with van der Waals surface area (Å²) in [6.45, 7) is 5.15. The first-order chi connectivity index (χ1) is 14.0. The second kappa shape index (κ2) is 7.87. The Morgan fingerprint density at radius 3 is 2.52 bits per heavy atom. The van der Waals surface area contributed by atoms with E-state index in [0.29, 0.717) is 12.2 Å². The van der Waals surface area contributed by atoms with E-state index in [4.69, 9.17) is 0 Å².